The van der Waals surface area contributed by atoms with E-state index < -0.39 is 0 Å². The molecule has 0 fully saturated rings. The SMILES string of the molecule is CCC(C)O.[H-].[Li+]. The Kier molecular flexibility index (Phi) is 9.03. The van der Waals surface area contributed by atoms with Gasteiger partial charge in [0.25, 0.3) is 0 Å². The summed E-state index contributed by atoms with van der Waals surface area (Å²) in [5.41, 5.74) is 0. The summed E-state index contributed by atoms with van der Waals surface area (Å²) < 4.78 is 0. The number of hydrogen-bond donors (Lipinski definition) is 1. The minimum Gasteiger partial charge on any atom is -1.00 e. The molecule has 0 aliphatic heterocycles. The minimum atomic E-state index is -0.116. The van der Waals surface area contributed by atoms with Crippen molar-refractivity contribution in [2.24, 2.45) is 0 Å². The Hall–Kier alpha value is 0.557. The monoisotopic (exact) mass is 82.1 g/mol. The summed E-state index contributed by atoms with van der Waals surface area (Å²) in [6.07, 6.45) is 0.745. The van der Waals surface area contributed by atoms with Gasteiger partial charge in [0.05, 0.1) is 6.10 Å². The first-order valence-corrected chi connectivity index (χ1v) is 1.95. The van der Waals surface area contributed by atoms with Crippen molar-refractivity contribution < 1.29 is 25.4 Å². The number of rotatable bonds is 1. The van der Waals surface area contributed by atoms with Gasteiger partial charge in [-0.2, -0.15) is 0 Å². The molecule has 0 amide bonds. The summed E-state index contributed by atoms with van der Waals surface area (Å²) in [5, 5.41) is 8.36. The molecule has 34 valence electrons. The van der Waals surface area contributed by atoms with E-state index in [-0.39, 0.29) is 26.4 Å². The normalized spacial score (nSPS) is 12.5. The van der Waals surface area contributed by atoms with E-state index in [0.29, 0.717) is 0 Å². The van der Waals surface area contributed by atoms with Gasteiger partial charge in [-0.05, 0) is 13.3 Å². The molecule has 0 radical (unpaired) electrons. The third-order valence-electron chi connectivity index (χ3n) is 0.591. The third-order valence-corrected chi connectivity index (χ3v) is 0.591. The minimum absolute atomic E-state index is 0. The van der Waals surface area contributed by atoms with Crippen LogP contribution < -0.4 is 18.9 Å². The van der Waals surface area contributed by atoms with E-state index in [0.717, 1.165) is 6.42 Å². The second-order valence-electron chi connectivity index (χ2n) is 1.26. The molecule has 0 aromatic heterocycles. The molecule has 0 aromatic carbocycles. The van der Waals surface area contributed by atoms with Gasteiger partial charge in [0.1, 0.15) is 0 Å². The average Bonchev–Trinajstić information content (AvgIpc) is 1.38. The van der Waals surface area contributed by atoms with Gasteiger partial charge in [-0.25, -0.2) is 0 Å². The van der Waals surface area contributed by atoms with Crippen LogP contribution in [-0.2, 0) is 0 Å². The summed E-state index contributed by atoms with van der Waals surface area (Å²) in [6.45, 7) is 3.73. The van der Waals surface area contributed by atoms with E-state index in [1.807, 2.05) is 6.92 Å². The fraction of sp³-hybridized carbons (Fsp3) is 1.00. The molecule has 1 atom stereocenters. The van der Waals surface area contributed by atoms with Crippen LogP contribution in [0.2, 0.25) is 0 Å². The topological polar surface area (TPSA) is 20.2 Å². The Morgan fingerprint density at radius 2 is 2.00 bits per heavy atom. The van der Waals surface area contributed by atoms with Gasteiger partial charge in [-0.1, -0.05) is 6.92 Å². The summed E-state index contributed by atoms with van der Waals surface area (Å²) in [4.78, 5) is 0. The molecule has 0 aromatic rings. The third kappa shape index (κ3) is 8.82. The summed E-state index contributed by atoms with van der Waals surface area (Å²) >= 11 is 0. The van der Waals surface area contributed by atoms with Crippen LogP contribution in [0.25, 0.3) is 0 Å². The molecule has 1 N–H and O–H groups in total. The molecule has 0 aliphatic rings. The molecule has 0 saturated heterocycles. The predicted molar refractivity (Wildman–Crippen MR) is 23.1 cm³/mol. The van der Waals surface area contributed by atoms with Gasteiger partial charge < -0.3 is 6.53 Å². The van der Waals surface area contributed by atoms with Crippen molar-refractivity contribution in [3.63, 3.8) is 0 Å². The standard InChI is InChI=1S/C4H10O.Li.H/c1-3-4(2)5;;/h4-5H,3H2,1-2H3;;/q;+1;-1. The Morgan fingerprint density at radius 3 is 2.00 bits per heavy atom. The Morgan fingerprint density at radius 1 is 1.83 bits per heavy atom. The largest absolute Gasteiger partial charge is 1.00 e. The first-order valence-electron chi connectivity index (χ1n) is 1.95. The fourth-order valence-electron chi connectivity index (χ4n) is 0. The van der Waals surface area contributed by atoms with Gasteiger partial charge >= 0.3 is 18.9 Å². The van der Waals surface area contributed by atoms with Crippen molar-refractivity contribution in [1.82, 2.24) is 0 Å². The fourth-order valence-corrected chi connectivity index (χ4v) is 0. The molecule has 0 aliphatic carbocycles. The van der Waals surface area contributed by atoms with E-state index in [2.05, 4.69) is 0 Å². The molecule has 0 bridgehead atoms. The van der Waals surface area contributed by atoms with Gasteiger partial charge in [0.2, 0.25) is 0 Å². The second-order valence-corrected chi connectivity index (χ2v) is 1.26. The van der Waals surface area contributed by atoms with Crippen LogP contribution >= 0.6 is 0 Å². The molecule has 1 nitrogen and oxygen atoms in total. The zero-order valence-electron chi connectivity index (χ0n) is 5.73. The molecule has 6 heavy (non-hydrogen) atoms. The molecular weight excluding hydrogens is 71.0 g/mol. The van der Waals surface area contributed by atoms with Crippen LogP contribution in [0.4, 0.5) is 0 Å². The summed E-state index contributed by atoms with van der Waals surface area (Å²) in [6, 6.07) is 0. The van der Waals surface area contributed by atoms with Crippen LogP contribution in [0.3, 0.4) is 0 Å². The second kappa shape index (κ2) is 5.56. The molecule has 0 saturated carbocycles. The van der Waals surface area contributed by atoms with Gasteiger partial charge in [-0.15, -0.1) is 0 Å². The van der Waals surface area contributed by atoms with Gasteiger partial charge in [0, 0.05) is 0 Å². The van der Waals surface area contributed by atoms with Crippen LogP contribution in [0.1, 0.15) is 21.7 Å². The van der Waals surface area contributed by atoms with Crippen molar-refractivity contribution in [2.45, 2.75) is 26.4 Å². The van der Waals surface area contributed by atoms with Gasteiger partial charge in [0.15, 0.2) is 0 Å². The van der Waals surface area contributed by atoms with Crippen molar-refractivity contribution >= 4 is 0 Å². The van der Waals surface area contributed by atoms with E-state index in [1.165, 1.54) is 0 Å². The zero-order chi connectivity index (χ0) is 4.28. The number of aliphatic hydroxyl groups excluding tert-OH is 1. The maximum Gasteiger partial charge on any atom is 1.00 e. The van der Waals surface area contributed by atoms with Crippen LogP contribution in [0.15, 0.2) is 0 Å². The molecule has 0 heterocycles. The Balaban J connectivity index is -0.0000000800. The van der Waals surface area contributed by atoms with Gasteiger partial charge in [-0.3, -0.25) is 0 Å². The Bertz CT molecular complexity index is 25.7. The zero-order valence-corrected chi connectivity index (χ0v) is 4.73. The number of aliphatic hydroxyl groups is 1. The smallest absolute Gasteiger partial charge is 1.00 e. The first kappa shape index (κ1) is 9.75. The quantitative estimate of drug-likeness (QED) is 0.359. The summed E-state index contributed by atoms with van der Waals surface area (Å²) in [5.74, 6) is 0. The van der Waals surface area contributed by atoms with Crippen molar-refractivity contribution in [2.75, 3.05) is 0 Å². The molecule has 2 heteroatoms. The maximum atomic E-state index is 8.36. The predicted octanol–water partition coefficient (Wildman–Crippen LogP) is -2.11. The molecular formula is C4H11LiO. The first-order chi connectivity index (χ1) is 2.27. The van der Waals surface area contributed by atoms with Crippen LogP contribution in [-0.4, -0.2) is 11.2 Å². The van der Waals surface area contributed by atoms with E-state index in [9.17, 15) is 0 Å². The van der Waals surface area contributed by atoms with E-state index >= 15 is 0 Å². The van der Waals surface area contributed by atoms with Crippen molar-refractivity contribution in [3.05, 3.63) is 0 Å². The van der Waals surface area contributed by atoms with E-state index in [1.54, 1.807) is 6.92 Å². The Labute approximate surface area is 52.4 Å². The number of hydrogen-bond acceptors (Lipinski definition) is 1. The maximum absolute atomic E-state index is 8.36. The summed E-state index contributed by atoms with van der Waals surface area (Å²) in [7, 11) is 0. The van der Waals surface area contributed by atoms with Crippen molar-refractivity contribution in [3.8, 4) is 0 Å². The molecule has 0 spiro atoms. The average molecular weight is 82.1 g/mol. The van der Waals surface area contributed by atoms with E-state index in [4.69, 9.17) is 5.11 Å². The van der Waals surface area contributed by atoms with Crippen molar-refractivity contribution in [1.29, 1.82) is 0 Å². The van der Waals surface area contributed by atoms with Crippen LogP contribution in [0, 0.1) is 0 Å². The molecule has 1 unspecified atom stereocenters. The van der Waals surface area contributed by atoms with Crippen LogP contribution in [0.5, 0.6) is 0 Å². The molecule has 0 rings (SSSR count).